The van der Waals surface area contributed by atoms with Crippen LogP contribution in [0.1, 0.15) is 50.7 Å². The maximum atomic E-state index is 13.3. The van der Waals surface area contributed by atoms with E-state index in [-0.39, 0.29) is 11.8 Å². The molecule has 30 heavy (non-hydrogen) atoms. The van der Waals surface area contributed by atoms with Crippen LogP contribution in [0.15, 0.2) is 36.4 Å². The van der Waals surface area contributed by atoms with Gasteiger partial charge in [-0.3, -0.25) is 19.4 Å². The molecule has 2 amide bonds. The molecule has 4 rings (SSSR count). The van der Waals surface area contributed by atoms with Crippen LogP contribution in [-0.2, 0) is 7.05 Å². The summed E-state index contributed by atoms with van der Waals surface area (Å²) in [5.41, 5.74) is 1.92. The van der Waals surface area contributed by atoms with Gasteiger partial charge >= 0.3 is 0 Å². The van der Waals surface area contributed by atoms with Gasteiger partial charge in [0.2, 0.25) is 0 Å². The lowest BCUT2D eigenvalue weighted by Crippen LogP contribution is -2.41. The third kappa shape index (κ3) is 3.83. The molecule has 1 aliphatic rings. The second-order valence-electron chi connectivity index (χ2n) is 7.56. The number of rotatable bonds is 3. The number of hydrogen-bond acceptors (Lipinski definition) is 5. The summed E-state index contributed by atoms with van der Waals surface area (Å²) in [6.45, 7) is 5.08. The van der Waals surface area contributed by atoms with Crippen LogP contribution in [-0.4, -0.2) is 66.2 Å². The first-order valence-electron chi connectivity index (χ1n) is 9.99. The number of aryl methyl sites for hydroxylation is 3. The molecule has 1 saturated heterocycles. The van der Waals surface area contributed by atoms with E-state index in [4.69, 9.17) is 0 Å². The summed E-state index contributed by atoms with van der Waals surface area (Å²) >= 11 is 0. The average molecular weight is 407 g/mol. The first kappa shape index (κ1) is 19.8. The second kappa shape index (κ2) is 8.10. The van der Waals surface area contributed by atoms with Crippen LogP contribution < -0.4 is 0 Å². The largest absolute Gasteiger partial charge is 0.335 e. The molecule has 3 heterocycles. The van der Waals surface area contributed by atoms with Crippen molar-refractivity contribution < 1.29 is 9.59 Å². The molecule has 1 N–H and O–H groups in total. The normalized spacial score (nSPS) is 17.1. The van der Waals surface area contributed by atoms with Crippen molar-refractivity contribution in [3.8, 4) is 0 Å². The predicted molar refractivity (Wildman–Crippen MR) is 110 cm³/mol. The zero-order valence-corrected chi connectivity index (χ0v) is 17.4. The minimum atomic E-state index is -0.445. The molecule has 3 aromatic rings. The number of carbonyl (C=O) groups excluding carboxylic acids is 2. The molecule has 9 nitrogen and oxygen atoms in total. The Labute approximate surface area is 174 Å². The lowest BCUT2D eigenvalue weighted by molar-refractivity contribution is 0.0620. The quantitative estimate of drug-likeness (QED) is 0.715. The molecule has 1 aromatic carbocycles. The molecular weight excluding hydrogens is 382 g/mol. The number of H-pyrrole nitrogens is 1. The smallest absolute Gasteiger partial charge is 0.274 e. The van der Waals surface area contributed by atoms with Gasteiger partial charge in [0, 0.05) is 37.9 Å². The molecule has 0 bridgehead atoms. The van der Waals surface area contributed by atoms with Gasteiger partial charge in [-0.1, -0.05) is 18.2 Å². The molecule has 2 aromatic heterocycles. The van der Waals surface area contributed by atoms with Crippen LogP contribution in [0.2, 0.25) is 0 Å². The standard InChI is InChI=1S/C21H25N7O2/c1-14-12-17(25-26(14)3)21(30)27-10-7-11-28(20(29)16-8-5-4-6-9-16)18(13-27)19-22-15(2)23-24-19/h4-6,8-9,12,18H,7,10-11,13H2,1-3H3,(H,22,23,24). The zero-order valence-electron chi connectivity index (χ0n) is 17.4. The van der Waals surface area contributed by atoms with Gasteiger partial charge in [-0.05, 0) is 38.5 Å². The molecule has 1 fully saturated rings. The monoisotopic (exact) mass is 407 g/mol. The predicted octanol–water partition coefficient (Wildman–Crippen LogP) is 1.88. The number of hydrogen-bond donors (Lipinski definition) is 1. The van der Waals surface area contributed by atoms with E-state index in [2.05, 4.69) is 20.3 Å². The lowest BCUT2D eigenvalue weighted by atomic mass is 10.1. The number of amides is 2. The van der Waals surface area contributed by atoms with E-state index in [1.54, 1.807) is 32.7 Å². The Morgan fingerprint density at radius 1 is 1.10 bits per heavy atom. The second-order valence-corrected chi connectivity index (χ2v) is 7.56. The molecule has 156 valence electrons. The van der Waals surface area contributed by atoms with Gasteiger partial charge in [0.05, 0.1) is 0 Å². The molecule has 9 heteroatoms. The van der Waals surface area contributed by atoms with Crippen molar-refractivity contribution in [2.24, 2.45) is 7.05 Å². The fraction of sp³-hybridized carbons (Fsp3) is 0.381. The van der Waals surface area contributed by atoms with Crippen molar-refractivity contribution in [1.82, 2.24) is 34.8 Å². The number of aromatic amines is 1. The van der Waals surface area contributed by atoms with E-state index >= 15 is 0 Å². The molecular formula is C21H25N7O2. The van der Waals surface area contributed by atoms with E-state index in [9.17, 15) is 9.59 Å². The lowest BCUT2D eigenvalue weighted by Gasteiger charge is -2.30. The highest BCUT2D eigenvalue weighted by atomic mass is 16.2. The topological polar surface area (TPSA) is 100 Å². The van der Waals surface area contributed by atoms with Crippen LogP contribution >= 0.6 is 0 Å². The van der Waals surface area contributed by atoms with Crippen molar-refractivity contribution in [2.45, 2.75) is 26.3 Å². The van der Waals surface area contributed by atoms with E-state index in [0.717, 1.165) is 5.69 Å². The van der Waals surface area contributed by atoms with Crippen molar-refractivity contribution in [1.29, 1.82) is 0 Å². The summed E-state index contributed by atoms with van der Waals surface area (Å²) in [4.78, 5) is 34.4. The third-order valence-electron chi connectivity index (χ3n) is 5.41. The number of aromatic nitrogens is 5. The van der Waals surface area contributed by atoms with Gasteiger partial charge in [-0.15, -0.1) is 0 Å². The summed E-state index contributed by atoms with van der Waals surface area (Å²) in [7, 11) is 1.81. The Bertz CT molecular complexity index is 1040. The van der Waals surface area contributed by atoms with Gasteiger partial charge in [0.1, 0.15) is 11.9 Å². The molecule has 0 spiro atoms. The Morgan fingerprint density at radius 2 is 1.87 bits per heavy atom. The van der Waals surface area contributed by atoms with Crippen LogP contribution in [0.4, 0.5) is 0 Å². The average Bonchev–Trinajstić information content (AvgIpc) is 3.25. The highest BCUT2D eigenvalue weighted by Crippen LogP contribution is 2.26. The van der Waals surface area contributed by atoms with Crippen molar-refractivity contribution in [2.75, 3.05) is 19.6 Å². The Balaban J connectivity index is 1.66. The van der Waals surface area contributed by atoms with Crippen LogP contribution in [0.5, 0.6) is 0 Å². The minimum Gasteiger partial charge on any atom is -0.335 e. The van der Waals surface area contributed by atoms with E-state index in [1.807, 2.05) is 39.1 Å². The van der Waals surface area contributed by atoms with Gasteiger partial charge in [-0.2, -0.15) is 10.2 Å². The van der Waals surface area contributed by atoms with Crippen molar-refractivity contribution >= 4 is 11.8 Å². The highest BCUT2D eigenvalue weighted by Gasteiger charge is 2.35. The van der Waals surface area contributed by atoms with Gasteiger partial charge in [-0.25, -0.2) is 4.98 Å². The summed E-state index contributed by atoms with van der Waals surface area (Å²) in [5.74, 6) is 0.935. The maximum Gasteiger partial charge on any atom is 0.274 e. The molecule has 0 aliphatic carbocycles. The third-order valence-corrected chi connectivity index (χ3v) is 5.41. The molecule has 0 radical (unpaired) electrons. The van der Waals surface area contributed by atoms with Gasteiger partial charge in [0.15, 0.2) is 11.5 Å². The van der Waals surface area contributed by atoms with E-state index in [0.29, 0.717) is 49.0 Å². The first-order valence-corrected chi connectivity index (χ1v) is 9.99. The fourth-order valence-corrected chi connectivity index (χ4v) is 3.72. The van der Waals surface area contributed by atoms with Gasteiger partial charge < -0.3 is 9.80 Å². The Morgan fingerprint density at radius 3 is 2.50 bits per heavy atom. The fourth-order valence-electron chi connectivity index (χ4n) is 3.72. The van der Waals surface area contributed by atoms with Crippen molar-refractivity contribution in [3.05, 3.63) is 65.0 Å². The number of nitrogens with one attached hydrogen (secondary N) is 1. The molecule has 0 saturated carbocycles. The summed E-state index contributed by atoms with van der Waals surface area (Å²) in [5, 5.41) is 11.5. The number of nitrogens with zero attached hydrogens (tertiary/aromatic N) is 6. The minimum absolute atomic E-state index is 0.0916. The SMILES string of the molecule is Cc1nc(C2CN(C(=O)c3cc(C)n(C)n3)CCCN2C(=O)c2ccccc2)n[nH]1. The number of carbonyl (C=O) groups is 2. The molecule has 1 atom stereocenters. The van der Waals surface area contributed by atoms with E-state index in [1.165, 1.54) is 0 Å². The molecule has 1 aliphatic heterocycles. The Kier molecular flexibility index (Phi) is 5.35. The van der Waals surface area contributed by atoms with Gasteiger partial charge in [0.25, 0.3) is 11.8 Å². The molecule has 1 unspecified atom stereocenters. The summed E-state index contributed by atoms with van der Waals surface area (Å²) < 4.78 is 1.69. The maximum absolute atomic E-state index is 13.3. The zero-order chi connectivity index (χ0) is 21.3. The summed E-state index contributed by atoms with van der Waals surface area (Å²) in [6, 6.07) is 10.5. The van der Waals surface area contributed by atoms with E-state index < -0.39 is 6.04 Å². The highest BCUT2D eigenvalue weighted by molar-refractivity contribution is 5.95. The van der Waals surface area contributed by atoms with Crippen LogP contribution in [0.25, 0.3) is 0 Å². The van der Waals surface area contributed by atoms with Crippen LogP contribution in [0, 0.1) is 13.8 Å². The number of benzene rings is 1. The summed E-state index contributed by atoms with van der Waals surface area (Å²) in [6.07, 6.45) is 0.663. The Hall–Kier alpha value is -3.49. The van der Waals surface area contributed by atoms with Crippen LogP contribution in [0.3, 0.4) is 0 Å². The van der Waals surface area contributed by atoms with Crippen molar-refractivity contribution in [3.63, 3.8) is 0 Å². The first-order chi connectivity index (χ1) is 14.4.